The monoisotopic (exact) mass is 264 g/mol. The van der Waals surface area contributed by atoms with Crippen molar-refractivity contribution in [2.75, 3.05) is 0 Å². The summed E-state index contributed by atoms with van der Waals surface area (Å²) in [5.74, 6) is 0.546. The van der Waals surface area contributed by atoms with Crippen molar-refractivity contribution in [3.05, 3.63) is 83.4 Å². The molecule has 104 valence electrons. The van der Waals surface area contributed by atoms with Crippen molar-refractivity contribution in [2.45, 2.75) is 39.0 Å². The highest BCUT2D eigenvalue weighted by Crippen LogP contribution is 2.24. The standard InChI is InChI=1S/C20H24/c1-3-10-20(19-13-8-5-9-14-19)16-17(2)15-18-11-6-4-7-12-18/h4-9,11-14,16,20H,3,10,15H2,1-2H3. The smallest absolute Gasteiger partial charge is 0.00205 e. The van der Waals surface area contributed by atoms with Crippen LogP contribution in [-0.4, -0.2) is 0 Å². The molecule has 0 amide bonds. The van der Waals surface area contributed by atoms with E-state index in [1.54, 1.807) is 0 Å². The molecule has 0 nitrogen and oxygen atoms in total. The molecule has 0 heterocycles. The van der Waals surface area contributed by atoms with Crippen molar-refractivity contribution >= 4 is 0 Å². The highest BCUT2D eigenvalue weighted by Gasteiger charge is 2.07. The molecule has 0 aliphatic heterocycles. The second-order valence-electron chi connectivity index (χ2n) is 5.48. The maximum atomic E-state index is 2.45. The van der Waals surface area contributed by atoms with E-state index in [-0.39, 0.29) is 0 Å². The molecule has 0 saturated heterocycles. The van der Waals surface area contributed by atoms with Gasteiger partial charge in [0.1, 0.15) is 0 Å². The third-order valence-corrected chi connectivity index (χ3v) is 3.64. The summed E-state index contributed by atoms with van der Waals surface area (Å²) in [4.78, 5) is 0. The van der Waals surface area contributed by atoms with E-state index in [0.29, 0.717) is 5.92 Å². The number of hydrogen-bond donors (Lipinski definition) is 0. The van der Waals surface area contributed by atoms with Crippen LogP contribution in [0.15, 0.2) is 72.3 Å². The Morgan fingerprint density at radius 1 is 0.950 bits per heavy atom. The molecule has 0 bridgehead atoms. The molecule has 0 N–H and O–H groups in total. The zero-order chi connectivity index (χ0) is 14.2. The van der Waals surface area contributed by atoms with E-state index in [4.69, 9.17) is 0 Å². The summed E-state index contributed by atoms with van der Waals surface area (Å²) in [6.45, 7) is 4.51. The molecule has 0 heteroatoms. The largest absolute Gasteiger partial charge is 0.0777 e. The summed E-state index contributed by atoms with van der Waals surface area (Å²) in [5, 5.41) is 0. The Labute approximate surface area is 123 Å². The molecule has 0 radical (unpaired) electrons. The van der Waals surface area contributed by atoms with Crippen molar-refractivity contribution in [1.29, 1.82) is 0 Å². The average Bonchev–Trinajstić information content (AvgIpc) is 2.49. The SMILES string of the molecule is CCCC(C=C(C)Cc1ccccc1)c1ccccc1. The van der Waals surface area contributed by atoms with Gasteiger partial charge < -0.3 is 0 Å². The lowest BCUT2D eigenvalue weighted by molar-refractivity contribution is 0.711. The molecule has 20 heavy (non-hydrogen) atoms. The van der Waals surface area contributed by atoms with Crippen LogP contribution in [0.4, 0.5) is 0 Å². The maximum absolute atomic E-state index is 2.45. The first-order chi connectivity index (χ1) is 9.79. The van der Waals surface area contributed by atoms with Gasteiger partial charge in [-0.2, -0.15) is 0 Å². The summed E-state index contributed by atoms with van der Waals surface area (Å²) in [6.07, 6.45) is 5.94. The van der Waals surface area contributed by atoms with Gasteiger partial charge in [0.05, 0.1) is 0 Å². The molecule has 2 rings (SSSR count). The number of hydrogen-bond acceptors (Lipinski definition) is 0. The predicted octanol–water partition coefficient (Wildman–Crippen LogP) is 5.76. The molecule has 0 spiro atoms. The van der Waals surface area contributed by atoms with Gasteiger partial charge in [0.25, 0.3) is 0 Å². The molecule has 2 aromatic rings. The first kappa shape index (κ1) is 14.6. The van der Waals surface area contributed by atoms with Crippen LogP contribution in [0, 0.1) is 0 Å². The maximum Gasteiger partial charge on any atom is 0.00205 e. The Morgan fingerprint density at radius 3 is 2.15 bits per heavy atom. The van der Waals surface area contributed by atoms with Gasteiger partial charge in [-0.05, 0) is 30.9 Å². The summed E-state index contributed by atoms with van der Waals surface area (Å²) >= 11 is 0. The summed E-state index contributed by atoms with van der Waals surface area (Å²) < 4.78 is 0. The Morgan fingerprint density at radius 2 is 1.55 bits per heavy atom. The van der Waals surface area contributed by atoms with E-state index >= 15 is 0 Å². The van der Waals surface area contributed by atoms with Gasteiger partial charge in [0, 0.05) is 5.92 Å². The van der Waals surface area contributed by atoms with E-state index < -0.39 is 0 Å². The lowest BCUT2D eigenvalue weighted by atomic mass is 9.91. The topological polar surface area (TPSA) is 0 Å². The van der Waals surface area contributed by atoms with Crippen LogP contribution in [0.3, 0.4) is 0 Å². The molecule has 0 aliphatic carbocycles. The van der Waals surface area contributed by atoms with E-state index in [1.807, 2.05) is 0 Å². The highest BCUT2D eigenvalue weighted by atomic mass is 14.1. The van der Waals surface area contributed by atoms with Crippen LogP contribution in [0.25, 0.3) is 0 Å². The Balaban J connectivity index is 2.12. The molecule has 2 aromatic carbocycles. The van der Waals surface area contributed by atoms with Gasteiger partial charge in [-0.25, -0.2) is 0 Å². The number of rotatable bonds is 6. The molecule has 0 fully saturated rings. The molecule has 1 unspecified atom stereocenters. The van der Waals surface area contributed by atoms with Crippen molar-refractivity contribution < 1.29 is 0 Å². The quantitative estimate of drug-likeness (QED) is 0.582. The summed E-state index contributed by atoms with van der Waals surface area (Å²) in [6, 6.07) is 21.6. The average molecular weight is 264 g/mol. The molecule has 0 aromatic heterocycles. The lowest BCUT2D eigenvalue weighted by Crippen LogP contribution is -1.97. The predicted molar refractivity (Wildman–Crippen MR) is 88.0 cm³/mol. The first-order valence-electron chi connectivity index (χ1n) is 7.55. The van der Waals surface area contributed by atoms with E-state index in [0.717, 1.165) is 6.42 Å². The van der Waals surface area contributed by atoms with Crippen LogP contribution < -0.4 is 0 Å². The van der Waals surface area contributed by atoms with Crippen LogP contribution >= 0.6 is 0 Å². The van der Waals surface area contributed by atoms with Crippen molar-refractivity contribution in [3.63, 3.8) is 0 Å². The number of allylic oxidation sites excluding steroid dienone is 2. The van der Waals surface area contributed by atoms with Crippen LogP contribution in [0.1, 0.15) is 43.7 Å². The van der Waals surface area contributed by atoms with Crippen LogP contribution in [-0.2, 0) is 6.42 Å². The fourth-order valence-electron chi connectivity index (χ4n) is 2.68. The first-order valence-corrected chi connectivity index (χ1v) is 7.55. The van der Waals surface area contributed by atoms with Crippen LogP contribution in [0.5, 0.6) is 0 Å². The van der Waals surface area contributed by atoms with E-state index in [1.165, 1.54) is 29.5 Å². The fraction of sp³-hybridized carbons (Fsp3) is 0.300. The van der Waals surface area contributed by atoms with Gasteiger partial charge in [-0.1, -0.05) is 85.7 Å². The molecule has 0 saturated carbocycles. The molecule has 1 atom stereocenters. The minimum atomic E-state index is 0.546. The van der Waals surface area contributed by atoms with Gasteiger partial charge in [-0.15, -0.1) is 0 Å². The van der Waals surface area contributed by atoms with Crippen LogP contribution in [0.2, 0.25) is 0 Å². The van der Waals surface area contributed by atoms with Crippen molar-refractivity contribution in [1.82, 2.24) is 0 Å². The second-order valence-corrected chi connectivity index (χ2v) is 5.48. The van der Waals surface area contributed by atoms with Gasteiger partial charge in [-0.3, -0.25) is 0 Å². The third kappa shape index (κ3) is 4.38. The Kier molecular flexibility index (Phi) is 5.61. The number of benzene rings is 2. The lowest BCUT2D eigenvalue weighted by Gasteiger charge is -2.14. The van der Waals surface area contributed by atoms with Gasteiger partial charge in [0.2, 0.25) is 0 Å². The highest BCUT2D eigenvalue weighted by molar-refractivity contribution is 5.27. The minimum Gasteiger partial charge on any atom is -0.0777 e. The zero-order valence-corrected chi connectivity index (χ0v) is 12.5. The summed E-state index contributed by atoms with van der Waals surface area (Å²) in [5.41, 5.74) is 4.28. The van der Waals surface area contributed by atoms with E-state index in [2.05, 4.69) is 80.6 Å². The van der Waals surface area contributed by atoms with Crippen molar-refractivity contribution in [2.24, 2.45) is 0 Å². The Hall–Kier alpha value is -1.82. The molecule has 0 aliphatic rings. The third-order valence-electron chi connectivity index (χ3n) is 3.64. The van der Waals surface area contributed by atoms with Gasteiger partial charge in [0.15, 0.2) is 0 Å². The second kappa shape index (κ2) is 7.69. The fourth-order valence-corrected chi connectivity index (χ4v) is 2.68. The normalized spacial score (nSPS) is 13.2. The van der Waals surface area contributed by atoms with Gasteiger partial charge >= 0.3 is 0 Å². The summed E-state index contributed by atoms with van der Waals surface area (Å²) in [7, 11) is 0. The molecular weight excluding hydrogens is 240 g/mol. The molecular formula is C20H24. The minimum absolute atomic E-state index is 0.546. The van der Waals surface area contributed by atoms with E-state index in [9.17, 15) is 0 Å². The zero-order valence-electron chi connectivity index (χ0n) is 12.5. The Bertz CT molecular complexity index is 522. The van der Waals surface area contributed by atoms with Crippen molar-refractivity contribution in [3.8, 4) is 0 Å².